The predicted octanol–water partition coefficient (Wildman–Crippen LogP) is 2.23. The first-order valence-corrected chi connectivity index (χ1v) is 17.7. The SMILES string of the molecule is CCOCCn1c(CN2CCN(C(=O)CC[C@H](NC(=O)[C@@H]3CCCN3S(=O)(=O)c3ccc(C)cc3)C(=O)O)CC2)nc2ccccc21. The molecule has 0 saturated carbocycles. The lowest BCUT2D eigenvalue weighted by Gasteiger charge is -2.34. The Morgan fingerprint density at radius 1 is 1.04 bits per heavy atom. The van der Waals surface area contributed by atoms with Crippen LogP contribution in [0, 0.1) is 6.92 Å². The molecule has 2 aliphatic heterocycles. The highest BCUT2D eigenvalue weighted by molar-refractivity contribution is 7.89. The van der Waals surface area contributed by atoms with Crippen LogP contribution in [0.15, 0.2) is 53.4 Å². The zero-order valence-electron chi connectivity index (χ0n) is 27.0. The Morgan fingerprint density at radius 3 is 2.47 bits per heavy atom. The highest BCUT2D eigenvalue weighted by atomic mass is 32.2. The molecule has 0 aliphatic carbocycles. The number of carboxylic acid groups (broad SMARTS) is 1. The molecular formula is C33H44N6O7S. The van der Waals surface area contributed by atoms with Crippen molar-refractivity contribution in [1.29, 1.82) is 0 Å². The van der Waals surface area contributed by atoms with Crippen LogP contribution in [0.5, 0.6) is 0 Å². The molecule has 47 heavy (non-hydrogen) atoms. The van der Waals surface area contributed by atoms with Crippen LogP contribution in [0.25, 0.3) is 11.0 Å². The first-order chi connectivity index (χ1) is 22.6. The van der Waals surface area contributed by atoms with Gasteiger partial charge >= 0.3 is 5.97 Å². The molecule has 13 nitrogen and oxygen atoms in total. The molecule has 0 spiro atoms. The summed E-state index contributed by atoms with van der Waals surface area (Å²) in [6.45, 7) is 8.85. The average Bonchev–Trinajstić information content (AvgIpc) is 3.69. The van der Waals surface area contributed by atoms with Crippen molar-refractivity contribution in [3.63, 3.8) is 0 Å². The molecule has 5 rings (SSSR count). The number of fused-ring (bicyclic) bond motifs is 1. The fourth-order valence-corrected chi connectivity index (χ4v) is 7.89. The van der Waals surface area contributed by atoms with E-state index in [0.717, 1.165) is 26.7 Å². The molecule has 2 aromatic carbocycles. The lowest BCUT2D eigenvalue weighted by Crippen LogP contribution is -2.51. The minimum atomic E-state index is -3.94. The van der Waals surface area contributed by atoms with Crippen molar-refractivity contribution >= 4 is 38.8 Å². The number of benzene rings is 2. The number of aryl methyl sites for hydroxylation is 1. The Hall–Kier alpha value is -3.85. The number of aromatic nitrogens is 2. The number of imidazole rings is 1. The molecule has 3 aromatic rings. The lowest BCUT2D eigenvalue weighted by molar-refractivity contribution is -0.143. The van der Waals surface area contributed by atoms with Crippen molar-refractivity contribution in [2.24, 2.45) is 0 Å². The number of carboxylic acids is 1. The van der Waals surface area contributed by atoms with Gasteiger partial charge in [0, 0.05) is 52.3 Å². The molecule has 2 aliphatic rings. The molecule has 2 N–H and O–H groups in total. The van der Waals surface area contributed by atoms with Gasteiger partial charge in [0.25, 0.3) is 0 Å². The number of carbonyl (C=O) groups is 3. The second kappa shape index (κ2) is 15.4. The van der Waals surface area contributed by atoms with E-state index >= 15 is 0 Å². The molecule has 0 radical (unpaired) electrons. The van der Waals surface area contributed by atoms with E-state index in [-0.39, 0.29) is 36.6 Å². The van der Waals surface area contributed by atoms with Gasteiger partial charge in [-0.3, -0.25) is 14.5 Å². The summed E-state index contributed by atoms with van der Waals surface area (Å²) in [5, 5.41) is 12.3. The third-order valence-electron chi connectivity index (χ3n) is 8.88. The molecule has 2 saturated heterocycles. The molecular weight excluding hydrogens is 624 g/mol. The van der Waals surface area contributed by atoms with E-state index in [4.69, 9.17) is 9.72 Å². The van der Waals surface area contributed by atoms with Crippen LogP contribution in [0.4, 0.5) is 0 Å². The highest BCUT2D eigenvalue weighted by Crippen LogP contribution is 2.27. The van der Waals surface area contributed by atoms with Gasteiger partial charge in [0.2, 0.25) is 21.8 Å². The Kier molecular flexibility index (Phi) is 11.3. The summed E-state index contributed by atoms with van der Waals surface area (Å²) in [4.78, 5) is 47.3. The fraction of sp³-hybridized carbons (Fsp3) is 0.515. The third-order valence-corrected chi connectivity index (χ3v) is 10.8. The van der Waals surface area contributed by atoms with E-state index in [1.807, 2.05) is 32.0 Å². The quantitative estimate of drug-likeness (QED) is 0.246. The number of amides is 2. The lowest BCUT2D eigenvalue weighted by atomic mass is 10.1. The number of para-hydroxylation sites is 2. The largest absolute Gasteiger partial charge is 0.480 e. The van der Waals surface area contributed by atoms with Crippen LogP contribution in [0.3, 0.4) is 0 Å². The van der Waals surface area contributed by atoms with Crippen molar-refractivity contribution in [1.82, 2.24) is 29.0 Å². The monoisotopic (exact) mass is 668 g/mol. The minimum Gasteiger partial charge on any atom is -0.480 e. The first kappa shape index (κ1) is 34.5. The van der Waals surface area contributed by atoms with Gasteiger partial charge in [0.1, 0.15) is 17.9 Å². The van der Waals surface area contributed by atoms with Crippen molar-refractivity contribution < 1.29 is 32.6 Å². The summed E-state index contributed by atoms with van der Waals surface area (Å²) in [6.07, 6.45) is 0.619. The molecule has 254 valence electrons. The predicted molar refractivity (Wildman–Crippen MR) is 175 cm³/mol. The Bertz CT molecular complexity index is 1670. The zero-order valence-corrected chi connectivity index (χ0v) is 27.8. The number of ether oxygens (including phenoxy) is 1. The first-order valence-electron chi connectivity index (χ1n) is 16.2. The summed E-state index contributed by atoms with van der Waals surface area (Å²) >= 11 is 0. The van der Waals surface area contributed by atoms with Gasteiger partial charge in [-0.15, -0.1) is 0 Å². The maximum atomic E-state index is 13.3. The smallest absolute Gasteiger partial charge is 0.326 e. The topological polar surface area (TPSA) is 154 Å². The molecule has 0 unspecified atom stereocenters. The Morgan fingerprint density at radius 2 is 1.77 bits per heavy atom. The summed E-state index contributed by atoms with van der Waals surface area (Å²) < 4.78 is 35.5. The molecule has 2 amide bonds. The standard InChI is InChI=1S/C33H44N6O7S/c1-3-46-22-21-38-28-8-5-4-7-26(28)34-30(38)23-36-17-19-37(20-18-36)31(40)15-14-27(33(42)43)35-32(41)29-9-6-16-39(29)47(44,45)25-12-10-24(2)11-13-25/h4-5,7-8,10-13,27,29H,3,6,9,14-23H2,1-2H3,(H,35,41)(H,42,43)/t27-,29-/m0/s1. The number of nitrogens with one attached hydrogen (secondary N) is 1. The van der Waals surface area contributed by atoms with Gasteiger partial charge in [-0.2, -0.15) is 4.31 Å². The van der Waals surface area contributed by atoms with E-state index in [0.29, 0.717) is 58.9 Å². The molecule has 2 fully saturated rings. The second-order valence-corrected chi connectivity index (χ2v) is 13.9. The molecule has 1 aromatic heterocycles. The number of aliphatic carboxylic acids is 1. The van der Waals surface area contributed by atoms with Crippen molar-refractivity contribution in [3.05, 3.63) is 59.9 Å². The van der Waals surface area contributed by atoms with Gasteiger partial charge in [0.15, 0.2) is 0 Å². The zero-order chi connectivity index (χ0) is 33.6. The molecule has 14 heteroatoms. The number of sulfonamides is 1. The Labute approximate surface area is 275 Å². The van der Waals surface area contributed by atoms with Crippen molar-refractivity contribution in [2.45, 2.75) is 69.6 Å². The minimum absolute atomic E-state index is 0.0550. The number of nitrogens with zero attached hydrogens (tertiary/aromatic N) is 5. The maximum absolute atomic E-state index is 13.3. The van der Waals surface area contributed by atoms with Crippen molar-refractivity contribution in [3.8, 4) is 0 Å². The number of hydrogen-bond acceptors (Lipinski definition) is 8. The van der Waals surface area contributed by atoms with Crippen LogP contribution in [-0.4, -0.2) is 113 Å². The van der Waals surface area contributed by atoms with Crippen LogP contribution in [0.2, 0.25) is 0 Å². The van der Waals surface area contributed by atoms with Crippen LogP contribution in [-0.2, 0) is 42.2 Å². The van der Waals surface area contributed by atoms with E-state index in [1.54, 1.807) is 17.0 Å². The second-order valence-electron chi connectivity index (χ2n) is 12.0. The highest BCUT2D eigenvalue weighted by Gasteiger charge is 2.40. The fourth-order valence-electron chi connectivity index (χ4n) is 6.24. The average molecular weight is 669 g/mol. The van der Waals surface area contributed by atoms with E-state index in [1.165, 1.54) is 12.1 Å². The van der Waals surface area contributed by atoms with Gasteiger partial charge < -0.3 is 24.6 Å². The van der Waals surface area contributed by atoms with E-state index in [9.17, 15) is 27.9 Å². The third kappa shape index (κ3) is 8.18. The van der Waals surface area contributed by atoms with Crippen LogP contribution in [0.1, 0.15) is 44.0 Å². The normalized spacial score (nSPS) is 18.4. The van der Waals surface area contributed by atoms with Crippen molar-refractivity contribution in [2.75, 3.05) is 45.9 Å². The number of hydrogen-bond donors (Lipinski definition) is 2. The van der Waals surface area contributed by atoms with Crippen LogP contribution < -0.4 is 5.32 Å². The molecule has 0 bridgehead atoms. The summed E-state index contributed by atoms with van der Waals surface area (Å²) in [6, 6.07) is 12.1. The number of piperazine rings is 1. The van der Waals surface area contributed by atoms with Crippen LogP contribution >= 0.6 is 0 Å². The van der Waals surface area contributed by atoms with E-state index in [2.05, 4.69) is 20.9 Å². The summed E-state index contributed by atoms with van der Waals surface area (Å²) in [5.41, 5.74) is 2.90. The summed E-state index contributed by atoms with van der Waals surface area (Å²) in [7, 11) is -3.94. The number of rotatable bonds is 14. The molecule has 2 atom stereocenters. The van der Waals surface area contributed by atoms with Gasteiger partial charge in [-0.25, -0.2) is 18.2 Å². The maximum Gasteiger partial charge on any atom is 0.326 e. The Balaban J connectivity index is 1.13. The molecule has 3 heterocycles. The van der Waals surface area contributed by atoms with Gasteiger partial charge in [-0.1, -0.05) is 29.8 Å². The van der Waals surface area contributed by atoms with Gasteiger partial charge in [0.05, 0.1) is 29.1 Å². The van der Waals surface area contributed by atoms with E-state index < -0.39 is 34.0 Å². The summed E-state index contributed by atoms with van der Waals surface area (Å²) in [5.74, 6) is -1.18. The van der Waals surface area contributed by atoms with Gasteiger partial charge in [-0.05, 0) is 57.4 Å². The number of carbonyl (C=O) groups excluding carboxylic acids is 2.